The Bertz CT molecular complexity index is 1290. The maximum absolute atomic E-state index is 12.7. The lowest BCUT2D eigenvalue weighted by Crippen LogP contribution is -2.22. The molecule has 3 aromatic carbocycles. The number of para-hydroxylation sites is 1. The van der Waals surface area contributed by atoms with E-state index in [1.807, 2.05) is 0 Å². The van der Waals surface area contributed by atoms with Gasteiger partial charge in [-0.05, 0) is 54.6 Å². The van der Waals surface area contributed by atoms with Crippen molar-refractivity contribution in [3.8, 4) is 11.5 Å². The second-order valence-electron chi connectivity index (χ2n) is 6.80. The third-order valence-corrected chi connectivity index (χ3v) is 6.20. The zero-order chi connectivity index (χ0) is 24.7. The van der Waals surface area contributed by atoms with Crippen LogP contribution in [0.2, 0.25) is 5.02 Å². The van der Waals surface area contributed by atoms with Crippen LogP contribution in [-0.2, 0) is 19.6 Å². The van der Waals surface area contributed by atoms with Gasteiger partial charge in [0.2, 0.25) is 0 Å². The van der Waals surface area contributed by atoms with E-state index >= 15 is 0 Å². The average Bonchev–Trinajstić information content (AvgIpc) is 2.83. The molecule has 34 heavy (non-hydrogen) atoms. The minimum absolute atomic E-state index is 0.000340. The zero-order valence-electron chi connectivity index (χ0n) is 18.2. The summed E-state index contributed by atoms with van der Waals surface area (Å²) >= 11 is 6.18. The number of rotatable bonds is 9. The van der Waals surface area contributed by atoms with E-state index < -0.39 is 28.5 Å². The van der Waals surface area contributed by atoms with Gasteiger partial charge in [0.15, 0.2) is 6.61 Å². The molecular weight excluding hydrogens is 484 g/mol. The van der Waals surface area contributed by atoms with Crippen molar-refractivity contribution in [3.05, 3.63) is 77.3 Å². The molecule has 1 amide bonds. The van der Waals surface area contributed by atoms with Crippen molar-refractivity contribution in [2.24, 2.45) is 0 Å². The first-order chi connectivity index (χ1) is 16.2. The fraction of sp³-hybridized carbons (Fsp3) is 0.130. The predicted molar refractivity (Wildman–Crippen MR) is 127 cm³/mol. The Balaban J connectivity index is 1.65. The number of hydrogen-bond acceptors (Lipinski definition) is 7. The fourth-order valence-corrected chi connectivity index (χ4v) is 4.23. The van der Waals surface area contributed by atoms with E-state index in [0.29, 0.717) is 11.4 Å². The lowest BCUT2D eigenvalue weighted by Gasteiger charge is -2.12. The van der Waals surface area contributed by atoms with Gasteiger partial charge in [-0.25, -0.2) is 13.2 Å². The van der Waals surface area contributed by atoms with Gasteiger partial charge in [-0.15, -0.1) is 0 Å². The third kappa shape index (κ3) is 6.18. The number of methoxy groups -OCH3 is 2. The highest BCUT2D eigenvalue weighted by atomic mass is 35.5. The molecule has 0 spiro atoms. The molecule has 0 heterocycles. The van der Waals surface area contributed by atoms with Gasteiger partial charge in [-0.2, -0.15) is 0 Å². The number of sulfonamides is 1. The van der Waals surface area contributed by atoms with Crippen LogP contribution in [0.15, 0.2) is 71.6 Å². The van der Waals surface area contributed by atoms with Gasteiger partial charge in [0.05, 0.1) is 35.4 Å². The minimum Gasteiger partial charge on any atom is -0.497 e. The molecule has 0 bridgehead atoms. The lowest BCUT2D eigenvalue weighted by atomic mass is 10.2. The highest BCUT2D eigenvalue weighted by molar-refractivity contribution is 7.92. The summed E-state index contributed by atoms with van der Waals surface area (Å²) in [5.74, 6) is -0.447. The number of carbonyl (C=O) groups excluding carboxylic acids is 2. The Labute approximate surface area is 201 Å². The topological polar surface area (TPSA) is 120 Å². The van der Waals surface area contributed by atoms with Crippen LogP contribution in [0.3, 0.4) is 0 Å². The Morgan fingerprint density at radius 2 is 1.68 bits per heavy atom. The number of carbonyl (C=O) groups is 2. The van der Waals surface area contributed by atoms with Gasteiger partial charge in [-0.1, -0.05) is 23.7 Å². The first kappa shape index (κ1) is 24.9. The number of amides is 1. The highest BCUT2D eigenvalue weighted by Crippen LogP contribution is 2.29. The van der Waals surface area contributed by atoms with Gasteiger partial charge in [0.25, 0.3) is 15.9 Å². The van der Waals surface area contributed by atoms with Crippen molar-refractivity contribution in [2.75, 3.05) is 30.9 Å². The molecular formula is C23H21ClN2O7S. The minimum atomic E-state index is -3.91. The highest BCUT2D eigenvalue weighted by Gasteiger charge is 2.18. The summed E-state index contributed by atoms with van der Waals surface area (Å²) in [5.41, 5.74) is 0.802. The summed E-state index contributed by atoms with van der Waals surface area (Å²) in [7, 11) is -1.17. The summed E-state index contributed by atoms with van der Waals surface area (Å²) in [6.45, 7) is -0.425. The molecule has 0 saturated carbocycles. The summed E-state index contributed by atoms with van der Waals surface area (Å²) in [4.78, 5) is 24.0. The van der Waals surface area contributed by atoms with Crippen molar-refractivity contribution in [1.82, 2.24) is 0 Å². The van der Waals surface area contributed by atoms with E-state index in [2.05, 4.69) is 10.0 Å². The number of anilines is 2. The number of halogens is 1. The second-order valence-corrected chi connectivity index (χ2v) is 8.89. The number of nitrogens with one attached hydrogen (secondary N) is 2. The molecule has 9 nitrogen and oxygen atoms in total. The number of ether oxygens (including phenoxy) is 3. The molecule has 0 aliphatic rings. The van der Waals surface area contributed by atoms with Crippen LogP contribution in [0.25, 0.3) is 0 Å². The molecule has 3 aromatic rings. The van der Waals surface area contributed by atoms with E-state index in [0.717, 1.165) is 0 Å². The van der Waals surface area contributed by atoms with Crippen molar-refractivity contribution < 1.29 is 32.2 Å². The molecule has 11 heteroatoms. The third-order valence-electron chi connectivity index (χ3n) is 4.52. The number of esters is 1. The summed E-state index contributed by atoms with van der Waals surface area (Å²) in [6, 6.07) is 16.6. The standard InChI is InChI=1S/C23H21ClN2O7S/c1-31-16-9-7-15(8-10-16)26-34(29,30)17-11-12-21(19(24)13-17)33-14-22(27)25-20-6-4-3-5-18(20)23(28)32-2/h3-13,26H,14H2,1-2H3,(H,25,27). The molecule has 0 aromatic heterocycles. The van der Waals surface area contributed by atoms with E-state index in [-0.39, 0.29) is 26.9 Å². The van der Waals surface area contributed by atoms with E-state index in [1.165, 1.54) is 38.5 Å². The molecule has 2 N–H and O–H groups in total. The Hall–Kier alpha value is -3.76. The smallest absolute Gasteiger partial charge is 0.339 e. The van der Waals surface area contributed by atoms with Gasteiger partial charge in [0, 0.05) is 5.69 Å². The van der Waals surface area contributed by atoms with Crippen LogP contribution in [0, 0.1) is 0 Å². The van der Waals surface area contributed by atoms with Crippen LogP contribution in [-0.4, -0.2) is 41.1 Å². The maximum atomic E-state index is 12.7. The Morgan fingerprint density at radius 1 is 0.971 bits per heavy atom. The normalized spacial score (nSPS) is 10.8. The van der Waals surface area contributed by atoms with Crippen LogP contribution in [0.5, 0.6) is 11.5 Å². The van der Waals surface area contributed by atoms with Crippen LogP contribution >= 0.6 is 11.6 Å². The summed E-state index contributed by atoms with van der Waals surface area (Å²) in [6.07, 6.45) is 0. The maximum Gasteiger partial charge on any atom is 0.339 e. The van der Waals surface area contributed by atoms with Crippen LogP contribution in [0.1, 0.15) is 10.4 Å². The summed E-state index contributed by atoms with van der Waals surface area (Å²) in [5, 5.41) is 2.56. The molecule has 0 saturated heterocycles. The molecule has 0 atom stereocenters. The van der Waals surface area contributed by atoms with E-state index in [9.17, 15) is 18.0 Å². The largest absolute Gasteiger partial charge is 0.497 e. The molecule has 0 aliphatic carbocycles. The van der Waals surface area contributed by atoms with Crippen molar-refractivity contribution in [3.63, 3.8) is 0 Å². The monoisotopic (exact) mass is 504 g/mol. The van der Waals surface area contributed by atoms with Crippen molar-refractivity contribution in [2.45, 2.75) is 4.90 Å². The molecule has 3 rings (SSSR count). The SMILES string of the molecule is COC(=O)c1ccccc1NC(=O)COc1ccc(S(=O)(=O)Nc2ccc(OC)cc2)cc1Cl. The van der Waals surface area contributed by atoms with Gasteiger partial charge in [0.1, 0.15) is 11.5 Å². The number of hydrogen-bond donors (Lipinski definition) is 2. The van der Waals surface area contributed by atoms with Crippen molar-refractivity contribution >= 4 is 44.9 Å². The fourth-order valence-electron chi connectivity index (χ4n) is 2.85. The van der Waals surface area contributed by atoms with Gasteiger partial charge < -0.3 is 19.5 Å². The van der Waals surface area contributed by atoms with Crippen molar-refractivity contribution in [1.29, 1.82) is 0 Å². The Kier molecular flexibility index (Phi) is 7.98. The van der Waals surface area contributed by atoms with Crippen LogP contribution < -0.4 is 19.5 Å². The first-order valence-electron chi connectivity index (χ1n) is 9.80. The number of benzene rings is 3. The molecule has 0 fully saturated rings. The predicted octanol–water partition coefficient (Wildman–Crippen LogP) is 3.95. The molecule has 178 valence electrons. The lowest BCUT2D eigenvalue weighted by molar-refractivity contribution is -0.118. The quantitative estimate of drug-likeness (QED) is 0.423. The average molecular weight is 505 g/mol. The molecule has 0 radical (unpaired) electrons. The summed E-state index contributed by atoms with van der Waals surface area (Å²) < 4.78 is 42.9. The Morgan fingerprint density at radius 3 is 2.32 bits per heavy atom. The molecule has 0 aliphatic heterocycles. The van der Waals surface area contributed by atoms with Gasteiger partial charge >= 0.3 is 5.97 Å². The molecule has 0 unspecified atom stereocenters. The van der Waals surface area contributed by atoms with Gasteiger partial charge in [-0.3, -0.25) is 9.52 Å². The van der Waals surface area contributed by atoms with E-state index in [4.69, 9.17) is 25.8 Å². The van der Waals surface area contributed by atoms with Crippen LogP contribution in [0.4, 0.5) is 11.4 Å². The second kappa shape index (κ2) is 10.9. The first-order valence-corrected chi connectivity index (χ1v) is 11.7. The zero-order valence-corrected chi connectivity index (χ0v) is 19.8. The van der Waals surface area contributed by atoms with E-state index in [1.54, 1.807) is 42.5 Å².